The monoisotopic (exact) mass is 259 g/mol. The number of alkyl halides is 2. The molecule has 0 bridgehead atoms. The van der Waals surface area contributed by atoms with Crippen molar-refractivity contribution < 1.29 is 18.6 Å². The van der Waals surface area contributed by atoms with E-state index >= 15 is 0 Å². The van der Waals surface area contributed by atoms with Crippen LogP contribution in [0.4, 0.5) is 8.78 Å². The van der Waals surface area contributed by atoms with E-state index in [0.717, 1.165) is 0 Å². The highest BCUT2D eigenvalue weighted by Crippen LogP contribution is 2.19. The number of aliphatic hydroxyl groups excluding tert-OH is 1. The number of ether oxygens (including phenoxy) is 1. The Morgan fingerprint density at radius 3 is 2.72 bits per heavy atom. The third-order valence-corrected chi connectivity index (χ3v) is 2.63. The van der Waals surface area contributed by atoms with Crippen molar-refractivity contribution in [2.24, 2.45) is 0 Å². The zero-order chi connectivity index (χ0) is 13.4. The van der Waals surface area contributed by atoms with Crippen LogP contribution in [0.5, 0.6) is 5.75 Å². The summed E-state index contributed by atoms with van der Waals surface area (Å²) in [4.78, 5) is 0. The van der Waals surface area contributed by atoms with E-state index in [1.807, 2.05) is 6.92 Å². The van der Waals surface area contributed by atoms with Crippen molar-refractivity contribution in [3.63, 3.8) is 0 Å². The van der Waals surface area contributed by atoms with Crippen LogP contribution in [0.15, 0.2) is 24.3 Å². The quantitative estimate of drug-likeness (QED) is 0.705. The summed E-state index contributed by atoms with van der Waals surface area (Å²) in [5.74, 6) is 0.191. The SMILES string of the molecule is CCC(O)CCNCc1ccccc1OC(F)F. The van der Waals surface area contributed by atoms with Crippen molar-refractivity contribution in [1.82, 2.24) is 5.32 Å². The molecule has 0 spiro atoms. The van der Waals surface area contributed by atoms with Gasteiger partial charge < -0.3 is 15.2 Å². The third-order valence-electron chi connectivity index (χ3n) is 2.63. The van der Waals surface area contributed by atoms with Gasteiger partial charge in [0.1, 0.15) is 5.75 Å². The van der Waals surface area contributed by atoms with Gasteiger partial charge >= 0.3 is 6.61 Å². The highest BCUT2D eigenvalue weighted by atomic mass is 19.3. The highest BCUT2D eigenvalue weighted by Gasteiger charge is 2.08. The standard InChI is InChI=1S/C13H19F2NO2/c1-2-11(17)7-8-16-9-10-5-3-4-6-12(10)18-13(14)15/h3-6,11,13,16-17H,2,7-9H2,1H3. The van der Waals surface area contributed by atoms with E-state index in [-0.39, 0.29) is 11.9 Å². The second-order valence-corrected chi connectivity index (χ2v) is 4.01. The molecule has 0 aromatic heterocycles. The molecule has 2 N–H and O–H groups in total. The second-order valence-electron chi connectivity index (χ2n) is 4.01. The molecule has 18 heavy (non-hydrogen) atoms. The Morgan fingerprint density at radius 1 is 1.33 bits per heavy atom. The summed E-state index contributed by atoms with van der Waals surface area (Å²) in [7, 11) is 0. The number of hydrogen-bond acceptors (Lipinski definition) is 3. The predicted octanol–water partition coefficient (Wildman–Crippen LogP) is 2.54. The van der Waals surface area contributed by atoms with Gasteiger partial charge in [0.15, 0.2) is 0 Å². The van der Waals surface area contributed by atoms with Gasteiger partial charge in [0.25, 0.3) is 0 Å². The first-order chi connectivity index (χ1) is 8.63. The van der Waals surface area contributed by atoms with E-state index in [0.29, 0.717) is 31.5 Å². The van der Waals surface area contributed by atoms with Crippen LogP contribution in [-0.4, -0.2) is 24.4 Å². The van der Waals surface area contributed by atoms with E-state index in [4.69, 9.17) is 0 Å². The number of halogens is 2. The molecular formula is C13H19F2NO2. The van der Waals surface area contributed by atoms with Crippen LogP contribution >= 0.6 is 0 Å². The Labute approximate surface area is 106 Å². The van der Waals surface area contributed by atoms with Crippen molar-refractivity contribution in [2.45, 2.75) is 39.0 Å². The molecule has 0 radical (unpaired) electrons. The molecule has 1 atom stereocenters. The number of benzene rings is 1. The topological polar surface area (TPSA) is 41.5 Å². The van der Waals surface area contributed by atoms with Crippen molar-refractivity contribution in [3.05, 3.63) is 29.8 Å². The summed E-state index contributed by atoms with van der Waals surface area (Å²) < 4.78 is 28.8. The van der Waals surface area contributed by atoms with Gasteiger partial charge in [0.2, 0.25) is 0 Å². The van der Waals surface area contributed by atoms with Crippen LogP contribution in [0.3, 0.4) is 0 Å². The summed E-state index contributed by atoms with van der Waals surface area (Å²) in [6.07, 6.45) is 1.05. The molecule has 0 fully saturated rings. The van der Waals surface area contributed by atoms with Crippen LogP contribution < -0.4 is 10.1 Å². The zero-order valence-electron chi connectivity index (χ0n) is 10.4. The lowest BCUT2D eigenvalue weighted by Gasteiger charge is -2.12. The minimum atomic E-state index is -2.81. The van der Waals surface area contributed by atoms with Crippen LogP contribution in [0.25, 0.3) is 0 Å². The van der Waals surface area contributed by atoms with Gasteiger partial charge in [0, 0.05) is 12.1 Å². The molecular weight excluding hydrogens is 240 g/mol. The first-order valence-electron chi connectivity index (χ1n) is 6.05. The molecule has 0 saturated heterocycles. The number of nitrogens with one attached hydrogen (secondary N) is 1. The van der Waals surface area contributed by atoms with Gasteiger partial charge in [-0.25, -0.2) is 0 Å². The molecule has 1 aromatic carbocycles. The molecule has 102 valence electrons. The van der Waals surface area contributed by atoms with E-state index in [1.165, 1.54) is 6.07 Å². The minimum absolute atomic E-state index is 0.191. The molecule has 0 aliphatic carbocycles. The summed E-state index contributed by atoms with van der Waals surface area (Å²) in [5, 5.41) is 12.5. The Morgan fingerprint density at radius 2 is 2.06 bits per heavy atom. The summed E-state index contributed by atoms with van der Waals surface area (Å²) in [5.41, 5.74) is 0.684. The smallest absolute Gasteiger partial charge is 0.387 e. The fraction of sp³-hybridized carbons (Fsp3) is 0.538. The lowest BCUT2D eigenvalue weighted by atomic mass is 10.2. The fourth-order valence-electron chi connectivity index (χ4n) is 1.56. The molecule has 1 aromatic rings. The summed E-state index contributed by atoms with van der Waals surface area (Å²) >= 11 is 0. The maximum atomic E-state index is 12.2. The Bertz CT molecular complexity index is 348. The first kappa shape index (κ1) is 14.9. The molecule has 1 unspecified atom stereocenters. The molecule has 3 nitrogen and oxygen atoms in total. The second kappa shape index (κ2) is 8.00. The van der Waals surface area contributed by atoms with Gasteiger partial charge in [-0.05, 0) is 25.5 Å². The van der Waals surface area contributed by atoms with E-state index in [2.05, 4.69) is 10.1 Å². The Hall–Kier alpha value is -1.20. The molecule has 0 aliphatic rings. The number of rotatable bonds is 8. The maximum Gasteiger partial charge on any atom is 0.387 e. The molecule has 0 aliphatic heterocycles. The average Bonchev–Trinajstić information content (AvgIpc) is 2.35. The molecule has 0 saturated carbocycles. The van der Waals surface area contributed by atoms with E-state index < -0.39 is 6.61 Å². The fourth-order valence-corrected chi connectivity index (χ4v) is 1.56. The van der Waals surface area contributed by atoms with Crippen molar-refractivity contribution in [2.75, 3.05) is 6.54 Å². The van der Waals surface area contributed by atoms with Crippen LogP contribution in [0.2, 0.25) is 0 Å². The summed E-state index contributed by atoms with van der Waals surface area (Å²) in [6, 6.07) is 6.68. The zero-order valence-corrected chi connectivity index (χ0v) is 10.4. The number of para-hydroxylation sites is 1. The average molecular weight is 259 g/mol. The predicted molar refractivity (Wildman–Crippen MR) is 65.7 cm³/mol. The highest BCUT2D eigenvalue weighted by molar-refractivity contribution is 5.33. The summed E-state index contributed by atoms with van der Waals surface area (Å²) in [6.45, 7) is 0.182. The Kier molecular flexibility index (Phi) is 6.60. The van der Waals surface area contributed by atoms with Gasteiger partial charge in [-0.3, -0.25) is 0 Å². The minimum Gasteiger partial charge on any atom is -0.434 e. The van der Waals surface area contributed by atoms with Crippen LogP contribution in [-0.2, 0) is 6.54 Å². The third kappa shape index (κ3) is 5.42. The van der Waals surface area contributed by atoms with Crippen LogP contribution in [0, 0.1) is 0 Å². The van der Waals surface area contributed by atoms with Crippen molar-refractivity contribution in [1.29, 1.82) is 0 Å². The molecule has 1 rings (SSSR count). The molecule has 0 heterocycles. The van der Waals surface area contributed by atoms with Gasteiger partial charge in [-0.1, -0.05) is 25.1 Å². The first-order valence-corrected chi connectivity index (χ1v) is 6.05. The van der Waals surface area contributed by atoms with Gasteiger partial charge in [-0.2, -0.15) is 8.78 Å². The normalized spacial score (nSPS) is 12.7. The maximum absolute atomic E-state index is 12.2. The number of hydrogen-bond donors (Lipinski definition) is 2. The lowest BCUT2D eigenvalue weighted by Crippen LogP contribution is -2.20. The van der Waals surface area contributed by atoms with E-state index in [9.17, 15) is 13.9 Å². The van der Waals surface area contributed by atoms with Crippen molar-refractivity contribution >= 4 is 0 Å². The molecule has 0 amide bonds. The van der Waals surface area contributed by atoms with Gasteiger partial charge in [0.05, 0.1) is 6.10 Å². The number of aliphatic hydroxyl groups is 1. The largest absolute Gasteiger partial charge is 0.434 e. The lowest BCUT2D eigenvalue weighted by molar-refractivity contribution is -0.0504. The van der Waals surface area contributed by atoms with Gasteiger partial charge in [-0.15, -0.1) is 0 Å². The van der Waals surface area contributed by atoms with E-state index in [1.54, 1.807) is 18.2 Å². The van der Waals surface area contributed by atoms with Crippen LogP contribution in [0.1, 0.15) is 25.3 Å². The van der Waals surface area contributed by atoms with Crippen molar-refractivity contribution in [3.8, 4) is 5.75 Å². The molecule has 5 heteroatoms. The Balaban J connectivity index is 2.41.